The first-order valence-corrected chi connectivity index (χ1v) is 37.8. The summed E-state index contributed by atoms with van der Waals surface area (Å²) in [7, 11) is 0. The van der Waals surface area contributed by atoms with Crippen LogP contribution < -0.4 is 36.8 Å². The lowest BCUT2D eigenvalue weighted by Gasteiger charge is -2.28. The van der Waals surface area contributed by atoms with E-state index in [1.807, 2.05) is 91.0 Å². The van der Waals surface area contributed by atoms with Gasteiger partial charge in [0.05, 0.1) is 52.2 Å². The molecule has 0 unspecified atom stereocenters. The maximum atomic E-state index is 14.2. The highest BCUT2D eigenvalue weighted by atomic mass is 32.1. The number of anilines is 9. The molecule has 0 fully saturated rings. The smallest absolute Gasteiger partial charge is 0.265 e. The van der Waals surface area contributed by atoms with Crippen molar-refractivity contribution >= 4 is 187 Å². The van der Waals surface area contributed by atoms with Crippen LogP contribution in [0.15, 0.2) is 273 Å². The van der Waals surface area contributed by atoms with E-state index >= 15 is 0 Å². The summed E-state index contributed by atoms with van der Waals surface area (Å²) in [5.74, 6) is -2.53. The number of carbonyl (C=O) groups excluding carboxylic acids is 6. The number of fused-ring (bicyclic) bond motifs is 3. The SMILES string of the molecule is Nc1ccc(N2C(=O)c3cccc4c(-c5ccc(-c6ccc(N(c7ccc(-c8ccc(-c9ccc%10c%11c(cccc9%11)C(=O)N(c9ccc(N)cc9)C%10=O)c9nsnc89)cc7)c7ccc(-c8ccc(-c9ccc%10c%11c(cccc9%11)C(=O)N(c9ccc(N)cc9)C%10=O)c9nsnc89)cc7)cc6)c6nsnc56)ccc(c34)C2=O)cc1. The first-order valence-electron chi connectivity index (χ1n) is 35.6. The molecule has 3 aromatic heterocycles. The Bertz CT molecular complexity index is 6440. The molecule has 22 heteroatoms. The Morgan fingerprint density at radius 3 is 0.696 bits per heavy atom. The predicted octanol–water partition coefficient (Wildman–Crippen LogP) is 19.8. The minimum atomic E-state index is -0.422. The molecular weight excluding hydrogens is 1460 g/mol. The number of benzene rings is 15. The van der Waals surface area contributed by atoms with E-state index in [0.29, 0.717) is 117 Å². The van der Waals surface area contributed by atoms with Crippen LogP contribution in [-0.4, -0.2) is 61.7 Å². The zero-order chi connectivity index (χ0) is 75.5. The Balaban J connectivity index is 0.630. The van der Waals surface area contributed by atoms with E-state index in [9.17, 15) is 28.8 Å². The number of hydrogen-bond donors (Lipinski definition) is 3. The Morgan fingerprint density at radius 2 is 0.438 bits per heavy atom. The molecule has 0 aliphatic carbocycles. The van der Waals surface area contributed by atoms with Gasteiger partial charge in [0.15, 0.2) is 0 Å². The number of amides is 6. The largest absolute Gasteiger partial charge is 0.399 e. The molecule has 112 heavy (non-hydrogen) atoms. The molecule has 3 aliphatic rings. The second-order valence-electron chi connectivity index (χ2n) is 27.6. The van der Waals surface area contributed by atoms with Gasteiger partial charge in [-0.2, -0.15) is 26.2 Å². The molecule has 15 aromatic carbocycles. The van der Waals surface area contributed by atoms with Crippen LogP contribution in [0.5, 0.6) is 0 Å². The molecule has 21 rings (SSSR count). The number of nitrogen functional groups attached to an aromatic ring is 3. The third-order valence-electron chi connectivity index (χ3n) is 21.6. The number of nitrogens with zero attached hydrogens (tertiary/aromatic N) is 10. The van der Waals surface area contributed by atoms with E-state index in [4.69, 9.17) is 43.4 Å². The minimum Gasteiger partial charge on any atom is -0.399 e. The van der Waals surface area contributed by atoms with Gasteiger partial charge in [0.1, 0.15) is 33.1 Å². The van der Waals surface area contributed by atoms with Gasteiger partial charge >= 0.3 is 0 Å². The number of hydrogen-bond acceptors (Lipinski definition) is 19. The van der Waals surface area contributed by atoms with Gasteiger partial charge in [0.25, 0.3) is 35.4 Å². The van der Waals surface area contributed by atoms with Crippen LogP contribution >= 0.6 is 35.2 Å². The maximum absolute atomic E-state index is 14.2. The van der Waals surface area contributed by atoms with Crippen molar-refractivity contribution in [2.24, 2.45) is 0 Å². The molecule has 0 spiro atoms. The Kier molecular flexibility index (Phi) is 14.7. The lowest BCUT2D eigenvalue weighted by Crippen LogP contribution is -2.40. The van der Waals surface area contributed by atoms with Gasteiger partial charge in [-0.15, -0.1) is 0 Å². The molecule has 18 aromatic rings. The monoisotopic (exact) mass is 1510 g/mol. The fraction of sp³-hybridized carbons (Fsp3) is 0. The van der Waals surface area contributed by atoms with Crippen LogP contribution in [0, 0.1) is 0 Å². The Labute approximate surface area is 647 Å². The third kappa shape index (κ3) is 9.95. The number of aromatic nitrogens is 6. The molecule has 0 bridgehead atoms. The highest BCUT2D eigenvalue weighted by Crippen LogP contribution is 2.48. The van der Waals surface area contributed by atoms with E-state index in [-0.39, 0.29) is 0 Å². The van der Waals surface area contributed by atoms with Crippen molar-refractivity contribution in [2.45, 2.75) is 0 Å². The van der Waals surface area contributed by atoms with Crippen molar-refractivity contribution in [3.63, 3.8) is 0 Å². The summed E-state index contributed by atoms with van der Waals surface area (Å²) in [6.07, 6.45) is 0. The standard InChI is InChI=1S/C90H51N13O6S3/c91-49-16-28-55(29-17-49)101-85(104)70-7-1-4-64-61(37-43-73(76(64)70)88(101)107)67-40-34-58(79-82(67)97-110-94-79)46-10-22-52(23-11-46)100(53-24-12-47(13-25-53)59-35-41-68(83-80(59)95-111-98-83)62-38-44-74-77-65(62)5-2-8-71(77)86(105)102(89(74)108)56-30-18-50(92)19-31-56)54-26-14-48(15-27-54)60-36-42-69(84-81(60)96-112-99-84)63-39-45-75-78-66(63)6-3-9-72(78)87(106)103(90(75)109)57-32-20-51(93)21-33-57/h1-45H,91-93H2. The van der Waals surface area contributed by atoms with Crippen molar-refractivity contribution in [3.8, 4) is 66.8 Å². The first kappa shape index (κ1) is 65.5. The molecular formula is C90H51N13O6S3. The van der Waals surface area contributed by atoms with E-state index in [2.05, 4.69) is 77.7 Å². The highest BCUT2D eigenvalue weighted by molar-refractivity contribution is 7.00. The van der Waals surface area contributed by atoms with Gasteiger partial charge < -0.3 is 22.1 Å². The third-order valence-corrected chi connectivity index (χ3v) is 23.2. The number of carbonyl (C=O) groups is 6. The topological polar surface area (TPSA) is 271 Å². The van der Waals surface area contributed by atoms with E-state index < -0.39 is 35.4 Å². The summed E-state index contributed by atoms with van der Waals surface area (Å²) in [6.45, 7) is 0. The summed E-state index contributed by atoms with van der Waals surface area (Å²) in [5, 5.41) is 3.97. The van der Waals surface area contributed by atoms with Gasteiger partial charge in [0.2, 0.25) is 0 Å². The van der Waals surface area contributed by atoms with Crippen LogP contribution in [-0.2, 0) is 0 Å². The van der Waals surface area contributed by atoms with Crippen LogP contribution in [0.4, 0.5) is 51.2 Å². The Hall–Kier alpha value is -14.8. The fourth-order valence-electron chi connectivity index (χ4n) is 16.3. The Morgan fingerprint density at radius 1 is 0.223 bits per heavy atom. The van der Waals surface area contributed by atoms with E-state index in [1.165, 1.54) is 14.7 Å². The van der Waals surface area contributed by atoms with Gasteiger partial charge in [0, 0.05) is 117 Å². The number of nitrogens with two attached hydrogens (primary N) is 3. The maximum Gasteiger partial charge on any atom is 0.265 e. The number of imide groups is 3. The molecule has 530 valence electrons. The predicted molar refractivity (Wildman–Crippen MR) is 445 cm³/mol. The van der Waals surface area contributed by atoms with Crippen LogP contribution in [0.1, 0.15) is 62.1 Å². The quantitative estimate of drug-likeness (QED) is 0.0757. The van der Waals surface area contributed by atoms with Crippen LogP contribution in [0.2, 0.25) is 0 Å². The summed E-state index contributed by atoms with van der Waals surface area (Å²) in [4.78, 5) is 91.3. The lowest BCUT2D eigenvalue weighted by molar-refractivity contribution is 0.0877. The molecule has 19 nitrogen and oxygen atoms in total. The van der Waals surface area contributed by atoms with E-state index in [0.717, 1.165) is 135 Å². The van der Waals surface area contributed by atoms with Crippen molar-refractivity contribution in [3.05, 3.63) is 306 Å². The summed E-state index contributed by atoms with van der Waals surface area (Å²) < 4.78 is 29.4. The molecule has 0 atom stereocenters. The van der Waals surface area contributed by atoms with Gasteiger partial charge in [-0.05, 0) is 195 Å². The normalized spacial score (nSPS) is 13.3. The van der Waals surface area contributed by atoms with Gasteiger partial charge in [-0.1, -0.05) is 127 Å². The molecule has 0 radical (unpaired) electrons. The average Bonchev–Trinajstić information content (AvgIpc) is 0.982. The van der Waals surface area contributed by atoms with Crippen molar-refractivity contribution in [1.29, 1.82) is 0 Å². The summed E-state index contributed by atoms with van der Waals surface area (Å²) in [5.41, 5.74) is 40.1. The average molecular weight is 1510 g/mol. The lowest BCUT2D eigenvalue weighted by atomic mass is 9.88. The molecule has 6 heterocycles. The highest BCUT2D eigenvalue weighted by Gasteiger charge is 2.39. The molecule has 3 aliphatic heterocycles. The second kappa shape index (κ2) is 25.1. The van der Waals surface area contributed by atoms with Crippen LogP contribution in [0.25, 0.3) is 132 Å². The minimum absolute atomic E-state index is 0.414. The second-order valence-corrected chi connectivity index (χ2v) is 29.2. The summed E-state index contributed by atoms with van der Waals surface area (Å²) >= 11 is 3.34. The first-order chi connectivity index (χ1) is 54.8. The van der Waals surface area contributed by atoms with Crippen LogP contribution in [0.3, 0.4) is 0 Å². The molecule has 6 N–H and O–H groups in total. The van der Waals surface area contributed by atoms with Crippen molar-refractivity contribution in [2.75, 3.05) is 36.8 Å². The fourth-order valence-corrected chi connectivity index (χ4v) is 18.1. The number of rotatable bonds is 12. The van der Waals surface area contributed by atoms with Crippen molar-refractivity contribution in [1.82, 2.24) is 26.2 Å². The zero-order valence-electron chi connectivity index (χ0n) is 58.4. The van der Waals surface area contributed by atoms with Crippen molar-refractivity contribution < 1.29 is 28.8 Å². The molecule has 0 saturated heterocycles. The zero-order valence-corrected chi connectivity index (χ0v) is 60.8. The summed E-state index contributed by atoms with van der Waals surface area (Å²) in [6, 6.07) is 85.0. The molecule has 0 saturated carbocycles. The molecule has 6 amide bonds. The van der Waals surface area contributed by atoms with E-state index in [1.54, 1.807) is 109 Å². The van der Waals surface area contributed by atoms with Gasteiger partial charge in [-0.25, -0.2) is 14.7 Å². The van der Waals surface area contributed by atoms with Gasteiger partial charge in [-0.3, -0.25) is 28.8 Å².